The molecule has 118 valence electrons. The molecule has 0 aliphatic heterocycles. The lowest BCUT2D eigenvalue weighted by Gasteiger charge is -2.10. The van der Waals surface area contributed by atoms with Gasteiger partial charge in [-0.15, -0.1) is 0 Å². The van der Waals surface area contributed by atoms with E-state index in [-0.39, 0.29) is 0 Å². The minimum Gasteiger partial charge on any atom is -0.489 e. The van der Waals surface area contributed by atoms with Gasteiger partial charge >= 0.3 is 0 Å². The Morgan fingerprint density at radius 3 is 2.32 bits per heavy atom. The predicted molar refractivity (Wildman–Crippen MR) is 88.1 cm³/mol. The number of hydrogen-bond acceptors (Lipinski definition) is 3. The smallest absolute Gasteiger partial charge is 0.299 e. The van der Waals surface area contributed by atoms with Gasteiger partial charge in [0.15, 0.2) is 0 Å². The van der Waals surface area contributed by atoms with Crippen LogP contribution in [0.2, 0.25) is 0 Å². The fourth-order valence-electron chi connectivity index (χ4n) is 1.79. The van der Waals surface area contributed by atoms with Crippen LogP contribution in [-0.2, 0) is 16.8 Å². The maximum absolute atomic E-state index is 11.7. The van der Waals surface area contributed by atoms with Crippen LogP contribution in [0.5, 0.6) is 5.75 Å². The molecule has 2 aromatic rings. The molecule has 0 aliphatic carbocycles. The van der Waals surface area contributed by atoms with Gasteiger partial charge < -0.3 is 4.74 Å². The highest BCUT2D eigenvalue weighted by atomic mass is 32.2. The molecule has 0 atom stereocenters. The second-order valence-electron chi connectivity index (χ2n) is 4.80. The average Bonchev–Trinajstić information content (AvgIpc) is 2.53. The zero-order valence-corrected chi connectivity index (χ0v) is 13.3. The molecular formula is C16H20N2O3S. The highest BCUT2D eigenvalue weighted by molar-refractivity contribution is 7.90. The lowest BCUT2D eigenvalue weighted by molar-refractivity contribution is 0.306. The Bertz CT molecular complexity index is 670. The van der Waals surface area contributed by atoms with Gasteiger partial charge in [-0.1, -0.05) is 37.3 Å². The Labute approximate surface area is 131 Å². The molecule has 0 unspecified atom stereocenters. The lowest BCUT2D eigenvalue weighted by Crippen LogP contribution is -2.30. The first kappa shape index (κ1) is 16.3. The van der Waals surface area contributed by atoms with Crippen LogP contribution in [0, 0.1) is 0 Å². The standard InChI is InChI=1S/C16H20N2O3S/c1-2-12-17-22(19,20)18-15-8-10-16(11-9-15)21-13-14-6-4-3-5-7-14/h3-11,17-18H,2,12-13H2,1H3. The summed E-state index contributed by atoms with van der Waals surface area (Å²) in [6.45, 7) is 2.79. The maximum Gasteiger partial charge on any atom is 0.299 e. The summed E-state index contributed by atoms with van der Waals surface area (Å²) in [7, 11) is -3.51. The molecule has 6 heteroatoms. The minimum atomic E-state index is -3.51. The van der Waals surface area contributed by atoms with E-state index >= 15 is 0 Å². The predicted octanol–water partition coefficient (Wildman–Crippen LogP) is 2.92. The quantitative estimate of drug-likeness (QED) is 0.786. The molecule has 0 spiro atoms. The molecule has 0 aromatic heterocycles. The molecule has 0 fully saturated rings. The van der Waals surface area contributed by atoms with Gasteiger partial charge in [0.05, 0.1) is 0 Å². The van der Waals surface area contributed by atoms with Gasteiger partial charge in [-0.05, 0) is 36.2 Å². The van der Waals surface area contributed by atoms with Crippen molar-refractivity contribution in [1.82, 2.24) is 4.72 Å². The summed E-state index contributed by atoms with van der Waals surface area (Å²) >= 11 is 0. The van der Waals surface area contributed by atoms with E-state index in [1.165, 1.54) is 0 Å². The third-order valence-electron chi connectivity index (χ3n) is 2.90. The average molecular weight is 320 g/mol. The van der Waals surface area contributed by atoms with Gasteiger partial charge in [-0.3, -0.25) is 4.72 Å². The van der Waals surface area contributed by atoms with Crippen molar-refractivity contribution in [2.75, 3.05) is 11.3 Å². The van der Waals surface area contributed by atoms with Gasteiger partial charge in [0.25, 0.3) is 10.2 Å². The molecule has 0 saturated carbocycles. The van der Waals surface area contributed by atoms with E-state index in [1.807, 2.05) is 37.3 Å². The molecule has 2 N–H and O–H groups in total. The summed E-state index contributed by atoms with van der Waals surface area (Å²) in [6.07, 6.45) is 0.743. The molecule has 0 heterocycles. The fraction of sp³-hybridized carbons (Fsp3) is 0.250. The SMILES string of the molecule is CCCNS(=O)(=O)Nc1ccc(OCc2ccccc2)cc1. The van der Waals surface area contributed by atoms with Gasteiger partial charge in [0.2, 0.25) is 0 Å². The Balaban J connectivity index is 1.90. The molecule has 0 saturated heterocycles. The number of benzene rings is 2. The third-order valence-corrected chi connectivity index (χ3v) is 3.99. The van der Waals surface area contributed by atoms with Crippen LogP contribution in [0.1, 0.15) is 18.9 Å². The van der Waals surface area contributed by atoms with Crippen LogP contribution >= 0.6 is 0 Å². The first-order valence-corrected chi connectivity index (χ1v) is 8.61. The van der Waals surface area contributed by atoms with Crippen molar-refractivity contribution < 1.29 is 13.2 Å². The van der Waals surface area contributed by atoms with Crippen LogP contribution in [0.15, 0.2) is 54.6 Å². The summed E-state index contributed by atoms with van der Waals surface area (Å²) < 4.78 is 34.0. The number of rotatable bonds is 8. The zero-order valence-electron chi connectivity index (χ0n) is 12.5. The van der Waals surface area contributed by atoms with Crippen molar-refractivity contribution >= 4 is 15.9 Å². The molecule has 2 aromatic carbocycles. The summed E-state index contributed by atoms with van der Waals surface area (Å²) in [5.74, 6) is 0.688. The second-order valence-corrected chi connectivity index (χ2v) is 6.30. The Hall–Kier alpha value is -2.05. The lowest BCUT2D eigenvalue weighted by atomic mass is 10.2. The largest absolute Gasteiger partial charge is 0.489 e. The first-order valence-electron chi connectivity index (χ1n) is 7.13. The van der Waals surface area contributed by atoms with Crippen molar-refractivity contribution in [1.29, 1.82) is 0 Å². The molecule has 0 aliphatic rings. The van der Waals surface area contributed by atoms with Crippen LogP contribution in [0.4, 0.5) is 5.69 Å². The van der Waals surface area contributed by atoms with E-state index < -0.39 is 10.2 Å². The van der Waals surface area contributed by atoms with Crippen LogP contribution in [0.3, 0.4) is 0 Å². The van der Waals surface area contributed by atoms with Crippen LogP contribution < -0.4 is 14.2 Å². The summed E-state index contributed by atoms with van der Waals surface area (Å²) in [4.78, 5) is 0. The summed E-state index contributed by atoms with van der Waals surface area (Å²) in [5.41, 5.74) is 1.58. The van der Waals surface area contributed by atoms with E-state index in [2.05, 4.69) is 9.44 Å². The monoisotopic (exact) mass is 320 g/mol. The summed E-state index contributed by atoms with van der Waals surface area (Å²) in [6, 6.07) is 16.7. The zero-order chi connectivity index (χ0) is 15.8. The number of hydrogen-bond donors (Lipinski definition) is 2. The molecule has 0 amide bonds. The molecule has 0 radical (unpaired) electrons. The van der Waals surface area contributed by atoms with Gasteiger partial charge in [0, 0.05) is 12.2 Å². The maximum atomic E-state index is 11.7. The highest BCUT2D eigenvalue weighted by Crippen LogP contribution is 2.17. The van der Waals surface area contributed by atoms with Crippen LogP contribution in [-0.4, -0.2) is 15.0 Å². The van der Waals surface area contributed by atoms with Crippen molar-refractivity contribution in [3.05, 3.63) is 60.2 Å². The van der Waals surface area contributed by atoms with Gasteiger partial charge in [0.1, 0.15) is 12.4 Å². The number of nitrogens with one attached hydrogen (secondary N) is 2. The number of anilines is 1. The topological polar surface area (TPSA) is 67.4 Å². The first-order chi connectivity index (χ1) is 10.6. The van der Waals surface area contributed by atoms with Crippen molar-refractivity contribution in [3.63, 3.8) is 0 Å². The Morgan fingerprint density at radius 1 is 1.00 bits per heavy atom. The van der Waals surface area contributed by atoms with E-state index in [1.54, 1.807) is 24.3 Å². The van der Waals surface area contributed by atoms with Crippen molar-refractivity contribution in [2.45, 2.75) is 20.0 Å². The van der Waals surface area contributed by atoms with Crippen molar-refractivity contribution in [2.24, 2.45) is 0 Å². The highest BCUT2D eigenvalue weighted by Gasteiger charge is 2.08. The number of ether oxygens (including phenoxy) is 1. The Morgan fingerprint density at radius 2 is 1.68 bits per heavy atom. The fourth-order valence-corrected chi connectivity index (χ4v) is 2.78. The summed E-state index contributed by atoms with van der Waals surface area (Å²) in [5, 5.41) is 0. The van der Waals surface area contributed by atoms with E-state index in [0.717, 1.165) is 12.0 Å². The van der Waals surface area contributed by atoms with Gasteiger partial charge in [-0.2, -0.15) is 13.1 Å². The Kier molecular flexibility index (Phi) is 5.80. The minimum absolute atomic E-state index is 0.410. The van der Waals surface area contributed by atoms with Crippen LogP contribution in [0.25, 0.3) is 0 Å². The normalized spacial score (nSPS) is 11.1. The molecule has 2 rings (SSSR count). The van der Waals surface area contributed by atoms with Gasteiger partial charge in [-0.25, -0.2) is 0 Å². The second kappa shape index (κ2) is 7.82. The molecular weight excluding hydrogens is 300 g/mol. The molecule has 0 bridgehead atoms. The molecule has 22 heavy (non-hydrogen) atoms. The van der Waals surface area contributed by atoms with E-state index in [4.69, 9.17) is 4.74 Å². The van der Waals surface area contributed by atoms with E-state index in [9.17, 15) is 8.42 Å². The molecule has 5 nitrogen and oxygen atoms in total. The third kappa shape index (κ3) is 5.38. The van der Waals surface area contributed by atoms with Crippen molar-refractivity contribution in [3.8, 4) is 5.75 Å². The van der Waals surface area contributed by atoms with E-state index in [0.29, 0.717) is 24.6 Å².